The van der Waals surface area contributed by atoms with E-state index in [1.165, 1.54) is 6.07 Å². The van der Waals surface area contributed by atoms with Gasteiger partial charge in [-0.2, -0.15) is 23.4 Å². The molecule has 7 nitrogen and oxygen atoms in total. The maximum Gasteiger partial charge on any atom is 0.410 e. The third-order valence-corrected chi connectivity index (χ3v) is 7.02. The fourth-order valence-electron chi connectivity index (χ4n) is 4.56. The maximum absolute atomic E-state index is 14.0. The number of hydrogen-bond donors (Lipinski definition) is 2. The van der Waals surface area contributed by atoms with Crippen molar-refractivity contribution in [3.05, 3.63) is 93.3 Å². The minimum Gasteiger partial charge on any atom is -0.363 e. The lowest BCUT2D eigenvalue weighted by Crippen LogP contribution is -2.35. The molecule has 0 saturated heterocycles. The molecule has 0 bridgehead atoms. The number of halogens is 4. The summed E-state index contributed by atoms with van der Waals surface area (Å²) in [6, 6.07) is 15.7. The van der Waals surface area contributed by atoms with Crippen LogP contribution in [0, 0.1) is 13.8 Å². The fraction of sp³-hybridized carbons (Fsp3) is 0.269. The number of aryl methyl sites for hydroxylation is 1. The molecule has 3 heterocycles. The van der Waals surface area contributed by atoms with Crippen molar-refractivity contribution in [3.8, 4) is 0 Å². The average Bonchev–Trinajstić information content (AvgIpc) is 3.41. The van der Waals surface area contributed by atoms with Crippen molar-refractivity contribution in [3.63, 3.8) is 0 Å². The predicted octanol–water partition coefficient (Wildman–Crippen LogP) is 6.42. The van der Waals surface area contributed by atoms with Crippen molar-refractivity contribution in [2.75, 3.05) is 10.6 Å². The molecule has 5 rings (SSSR count). The number of hydrogen-bond acceptors (Lipinski definition) is 4. The van der Waals surface area contributed by atoms with Crippen LogP contribution in [0.5, 0.6) is 0 Å². The van der Waals surface area contributed by atoms with Gasteiger partial charge >= 0.3 is 6.18 Å². The van der Waals surface area contributed by atoms with E-state index in [4.69, 9.17) is 0 Å². The van der Waals surface area contributed by atoms with Gasteiger partial charge in [0, 0.05) is 17.0 Å². The molecule has 2 aromatic carbocycles. The number of aromatic nitrogens is 4. The Morgan fingerprint density at radius 2 is 1.81 bits per heavy atom. The Morgan fingerprint density at radius 3 is 2.49 bits per heavy atom. The molecule has 37 heavy (non-hydrogen) atoms. The van der Waals surface area contributed by atoms with Gasteiger partial charge in [-0.15, -0.1) is 0 Å². The summed E-state index contributed by atoms with van der Waals surface area (Å²) in [6.45, 7) is 4.11. The molecule has 0 aliphatic carbocycles. The van der Waals surface area contributed by atoms with Gasteiger partial charge in [-0.1, -0.05) is 58.4 Å². The van der Waals surface area contributed by atoms with Crippen LogP contribution in [0.3, 0.4) is 0 Å². The SMILES string of the molecule is Cc1nn(Cc2ccc(Br)cc2)c(C)c1NC(=O)c1cc2n(n1)C(C(F)(F)F)CC(c1ccccc1)N2. The van der Waals surface area contributed by atoms with E-state index < -0.39 is 24.2 Å². The Hall–Kier alpha value is -3.60. The number of rotatable bonds is 5. The van der Waals surface area contributed by atoms with Crippen LogP contribution < -0.4 is 10.6 Å². The second-order valence-electron chi connectivity index (χ2n) is 9.04. The first-order valence-electron chi connectivity index (χ1n) is 11.7. The van der Waals surface area contributed by atoms with E-state index in [0.29, 0.717) is 17.9 Å². The first-order valence-corrected chi connectivity index (χ1v) is 12.5. The smallest absolute Gasteiger partial charge is 0.363 e. The van der Waals surface area contributed by atoms with Crippen molar-refractivity contribution in [2.45, 2.75) is 45.1 Å². The van der Waals surface area contributed by atoms with Crippen LogP contribution in [0.15, 0.2) is 65.1 Å². The quantitative estimate of drug-likeness (QED) is 0.289. The number of carbonyl (C=O) groups excluding carboxylic acids is 1. The van der Waals surface area contributed by atoms with E-state index in [-0.39, 0.29) is 17.9 Å². The second kappa shape index (κ2) is 9.70. The molecule has 2 atom stereocenters. The van der Waals surface area contributed by atoms with E-state index >= 15 is 0 Å². The molecular formula is C26H24BrF3N6O. The number of fused-ring (bicyclic) bond motifs is 1. The number of benzene rings is 2. The molecule has 1 amide bonds. The summed E-state index contributed by atoms with van der Waals surface area (Å²) in [6.07, 6.45) is -4.75. The van der Waals surface area contributed by atoms with Gasteiger partial charge in [0.2, 0.25) is 0 Å². The highest BCUT2D eigenvalue weighted by atomic mass is 79.9. The zero-order valence-electron chi connectivity index (χ0n) is 20.1. The van der Waals surface area contributed by atoms with Crippen molar-refractivity contribution in [2.24, 2.45) is 0 Å². The minimum atomic E-state index is -4.52. The van der Waals surface area contributed by atoms with E-state index in [1.807, 2.05) is 37.3 Å². The highest BCUT2D eigenvalue weighted by Gasteiger charge is 2.46. The largest absolute Gasteiger partial charge is 0.410 e. The van der Waals surface area contributed by atoms with Gasteiger partial charge in [0.1, 0.15) is 5.82 Å². The van der Waals surface area contributed by atoms with Crippen LogP contribution in [-0.2, 0) is 6.54 Å². The summed E-state index contributed by atoms with van der Waals surface area (Å²) >= 11 is 3.42. The summed E-state index contributed by atoms with van der Waals surface area (Å²) in [5.41, 5.74) is 3.50. The maximum atomic E-state index is 14.0. The molecule has 4 aromatic rings. The molecule has 0 spiro atoms. The van der Waals surface area contributed by atoms with E-state index in [9.17, 15) is 18.0 Å². The third-order valence-electron chi connectivity index (χ3n) is 6.49. The monoisotopic (exact) mass is 572 g/mol. The molecule has 2 aromatic heterocycles. The van der Waals surface area contributed by atoms with E-state index in [0.717, 1.165) is 26.0 Å². The molecule has 0 radical (unpaired) electrons. The summed E-state index contributed by atoms with van der Waals surface area (Å²) in [5, 5.41) is 14.5. The summed E-state index contributed by atoms with van der Waals surface area (Å²) in [7, 11) is 0. The lowest BCUT2D eigenvalue weighted by Gasteiger charge is -2.33. The number of nitrogens with one attached hydrogen (secondary N) is 2. The highest BCUT2D eigenvalue weighted by Crippen LogP contribution is 2.43. The van der Waals surface area contributed by atoms with Gasteiger partial charge in [0.25, 0.3) is 5.91 Å². The lowest BCUT2D eigenvalue weighted by atomic mass is 9.97. The van der Waals surface area contributed by atoms with Crippen LogP contribution >= 0.6 is 15.9 Å². The Labute approximate surface area is 219 Å². The average molecular weight is 573 g/mol. The topological polar surface area (TPSA) is 76.8 Å². The molecule has 11 heteroatoms. The molecule has 0 fully saturated rings. The van der Waals surface area contributed by atoms with Crippen molar-refractivity contribution >= 4 is 33.3 Å². The Balaban J connectivity index is 1.39. The second-order valence-corrected chi connectivity index (χ2v) is 9.96. The third kappa shape index (κ3) is 5.13. The Bertz CT molecular complexity index is 1430. The number of anilines is 2. The van der Waals surface area contributed by atoms with Crippen molar-refractivity contribution < 1.29 is 18.0 Å². The zero-order chi connectivity index (χ0) is 26.3. The van der Waals surface area contributed by atoms with Crippen LogP contribution in [0.4, 0.5) is 24.7 Å². The van der Waals surface area contributed by atoms with Crippen LogP contribution in [0.2, 0.25) is 0 Å². The molecule has 1 aliphatic heterocycles. The van der Waals surface area contributed by atoms with Gasteiger partial charge in [-0.05, 0) is 37.1 Å². The highest BCUT2D eigenvalue weighted by molar-refractivity contribution is 9.10. The number of amides is 1. The standard InChI is InChI=1S/C26H24BrF3N6O/c1-15-24(16(2)35(33-15)14-17-8-10-19(27)11-9-17)32-25(37)21-13-23-31-20(18-6-4-3-5-7-18)12-22(26(28,29)30)36(23)34-21/h3-11,13,20,22,31H,12,14H2,1-2H3,(H,32,37). The molecule has 0 saturated carbocycles. The molecule has 192 valence electrons. The van der Waals surface area contributed by atoms with E-state index in [2.05, 4.69) is 36.8 Å². The summed E-state index contributed by atoms with van der Waals surface area (Å²) < 4.78 is 45.5. The fourth-order valence-corrected chi connectivity index (χ4v) is 4.82. The van der Waals surface area contributed by atoms with Crippen molar-refractivity contribution in [1.82, 2.24) is 19.6 Å². The minimum absolute atomic E-state index is 0.107. The van der Waals surface area contributed by atoms with Crippen LogP contribution in [0.1, 0.15) is 51.5 Å². The molecule has 2 unspecified atom stereocenters. The number of nitrogens with zero attached hydrogens (tertiary/aromatic N) is 4. The predicted molar refractivity (Wildman–Crippen MR) is 138 cm³/mol. The van der Waals surface area contributed by atoms with Crippen molar-refractivity contribution in [1.29, 1.82) is 0 Å². The van der Waals surface area contributed by atoms with Crippen LogP contribution in [-0.4, -0.2) is 31.6 Å². The summed E-state index contributed by atoms with van der Waals surface area (Å²) in [4.78, 5) is 13.1. The molecular weight excluding hydrogens is 549 g/mol. The van der Waals surface area contributed by atoms with Crippen LogP contribution in [0.25, 0.3) is 0 Å². The van der Waals surface area contributed by atoms with Gasteiger partial charge in [-0.25, -0.2) is 4.68 Å². The normalized spacial score (nSPS) is 17.2. The molecule has 1 aliphatic rings. The summed E-state index contributed by atoms with van der Waals surface area (Å²) in [5.74, 6) is -0.456. The molecule has 2 N–H and O–H groups in total. The van der Waals surface area contributed by atoms with Gasteiger partial charge in [0.05, 0.1) is 29.7 Å². The first kappa shape index (κ1) is 25.1. The van der Waals surface area contributed by atoms with Gasteiger partial charge < -0.3 is 10.6 Å². The Kier molecular flexibility index (Phi) is 6.57. The first-order chi connectivity index (χ1) is 17.6. The number of alkyl halides is 3. The van der Waals surface area contributed by atoms with Gasteiger partial charge in [0.15, 0.2) is 11.7 Å². The zero-order valence-corrected chi connectivity index (χ0v) is 21.6. The van der Waals surface area contributed by atoms with E-state index in [1.54, 1.807) is 35.9 Å². The van der Waals surface area contributed by atoms with Gasteiger partial charge in [-0.3, -0.25) is 9.48 Å². The lowest BCUT2D eigenvalue weighted by molar-refractivity contribution is -0.173. The Morgan fingerprint density at radius 1 is 1.11 bits per heavy atom. The number of carbonyl (C=O) groups is 1.